The van der Waals surface area contributed by atoms with E-state index in [9.17, 15) is 4.79 Å². The van der Waals surface area contributed by atoms with Crippen molar-refractivity contribution in [3.8, 4) is 0 Å². The number of hydrogen-bond acceptors (Lipinski definition) is 2. The second-order valence-corrected chi connectivity index (χ2v) is 4.66. The largest absolute Gasteiger partial charge is 0.481 e. The fourth-order valence-electron chi connectivity index (χ4n) is 1.27. The number of aromatic nitrogens is 1. The van der Waals surface area contributed by atoms with E-state index >= 15 is 0 Å². The molecule has 15 heavy (non-hydrogen) atoms. The third-order valence-electron chi connectivity index (χ3n) is 2.17. The molecule has 0 spiro atoms. The van der Waals surface area contributed by atoms with Crippen LogP contribution >= 0.6 is 0 Å². The summed E-state index contributed by atoms with van der Waals surface area (Å²) >= 11 is 0. The van der Waals surface area contributed by atoms with E-state index in [1.54, 1.807) is 0 Å². The van der Waals surface area contributed by atoms with Crippen LogP contribution in [-0.2, 0) is 16.6 Å². The van der Waals surface area contributed by atoms with Crippen molar-refractivity contribution in [1.29, 1.82) is 0 Å². The summed E-state index contributed by atoms with van der Waals surface area (Å²) in [7, 11) is 0. The summed E-state index contributed by atoms with van der Waals surface area (Å²) in [5.74, 6) is -0.780. The first-order valence-corrected chi connectivity index (χ1v) is 5.08. The van der Waals surface area contributed by atoms with Gasteiger partial charge in [-0.2, -0.15) is 0 Å². The number of carboxylic acids is 1. The summed E-state index contributed by atoms with van der Waals surface area (Å²) in [4.78, 5) is 14.9. The molecule has 1 N–H and O–H groups in total. The van der Waals surface area contributed by atoms with Crippen LogP contribution in [-0.4, -0.2) is 16.1 Å². The fraction of sp³-hybridized carbons (Fsp3) is 0.500. The van der Waals surface area contributed by atoms with Crippen molar-refractivity contribution in [2.45, 2.75) is 39.0 Å². The molecule has 0 bridgehead atoms. The highest BCUT2D eigenvalue weighted by Gasteiger charge is 2.15. The maximum absolute atomic E-state index is 10.4. The lowest BCUT2D eigenvalue weighted by molar-refractivity contribution is -0.136. The van der Waals surface area contributed by atoms with Crippen LogP contribution in [0.1, 0.15) is 38.6 Å². The van der Waals surface area contributed by atoms with Gasteiger partial charge < -0.3 is 5.11 Å². The molecule has 82 valence electrons. The molecule has 1 aromatic rings. The second kappa shape index (κ2) is 4.43. The third kappa shape index (κ3) is 3.70. The van der Waals surface area contributed by atoms with E-state index in [0.29, 0.717) is 6.42 Å². The van der Waals surface area contributed by atoms with Crippen molar-refractivity contribution in [3.63, 3.8) is 0 Å². The van der Waals surface area contributed by atoms with Crippen molar-refractivity contribution in [1.82, 2.24) is 4.98 Å². The zero-order chi connectivity index (χ0) is 11.5. The van der Waals surface area contributed by atoms with E-state index in [2.05, 4.69) is 25.8 Å². The predicted octanol–water partition coefficient (Wildman–Crippen LogP) is 2.40. The Bertz CT molecular complexity index is 353. The van der Waals surface area contributed by atoms with Crippen LogP contribution in [0.15, 0.2) is 18.2 Å². The first kappa shape index (κ1) is 11.7. The summed E-state index contributed by atoms with van der Waals surface area (Å²) in [5, 5.41) is 8.58. The number of hydrogen-bond donors (Lipinski definition) is 1. The van der Waals surface area contributed by atoms with E-state index in [1.165, 1.54) is 0 Å². The molecule has 1 aromatic heterocycles. The second-order valence-electron chi connectivity index (χ2n) is 4.66. The van der Waals surface area contributed by atoms with Gasteiger partial charge in [0.15, 0.2) is 0 Å². The van der Waals surface area contributed by atoms with Crippen LogP contribution in [0, 0.1) is 0 Å². The molecule has 0 aromatic carbocycles. The Labute approximate surface area is 90.2 Å². The number of carbonyl (C=O) groups is 1. The van der Waals surface area contributed by atoms with Crippen LogP contribution in [0.3, 0.4) is 0 Å². The quantitative estimate of drug-likeness (QED) is 0.828. The Morgan fingerprint density at radius 1 is 1.40 bits per heavy atom. The van der Waals surface area contributed by atoms with Crippen LogP contribution in [0.2, 0.25) is 0 Å². The van der Waals surface area contributed by atoms with Gasteiger partial charge in [-0.05, 0) is 12.1 Å². The number of pyridine rings is 1. The summed E-state index contributed by atoms with van der Waals surface area (Å²) in [5.41, 5.74) is 1.87. The molecule has 0 aliphatic carbocycles. The summed E-state index contributed by atoms with van der Waals surface area (Å²) < 4.78 is 0. The average Bonchev–Trinajstić information content (AvgIpc) is 2.14. The standard InChI is InChI=1S/C12H17NO2/c1-12(2,3)10-6-4-5-9(13-10)7-8-11(14)15/h4-6H,7-8H2,1-3H3,(H,14,15). The fourth-order valence-corrected chi connectivity index (χ4v) is 1.27. The van der Waals surface area contributed by atoms with E-state index < -0.39 is 5.97 Å². The van der Waals surface area contributed by atoms with Crippen LogP contribution < -0.4 is 0 Å². The average molecular weight is 207 g/mol. The zero-order valence-electron chi connectivity index (χ0n) is 9.45. The van der Waals surface area contributed by atoms with E-state index in [1.807, 2.05) is 18.2 Å². The molecular formula is C12H17NO2. The minimum atomic E-state index is -0.780. The van der Waals surface area contributed by atoms with Crippen molar-refractivity contribution in [3.05, 3.63) is 29.6 Å². The van der Waals surface area contributed by atoms with Gasteiger partial charge in [-0.1, -0.05) is 26.8 Å². The van der Waals surface area contributed by atoms with E-state index in [4.69, 9.17) is 5.11 Å². The number of rotatable bonds is 3. The molecule has 1 rings (SSSR count). The highest BCUT2D eigenvalue weighted by molar-refractivity contribution is 5.66. The van der Waals surface area contributed by atoms with Crippen molar-refractivity contribution >= 4 is 5.97 Å². The van der Waals surface area contributed by atoms with Gasteiger partial charge >= 0.3 is 5.97 Å². The molecule has 1 heterocycles. The molecule has 3 nitrogen and oxygen atoms in total. The summed E-state index contributed by atoms with van der Waals surface area (Å²) in [6.45, 7) is 6.28. The normalized spacial score (nSPS) is 11.4. The van der Waals surface area contributed by atoms with Crippen LogP contribution in [0.4, 0.5) is 0 Å². The highest BCUT2D eigenvalue weighted by Crippen LogP contribution is 2.20. The first-order valence-electron chi connectivity index (χ1n) is 5.08. The molecule has 0 radical (unpaired) electrons. The Hall–Kier alpha value is -1.38. The molecule has 0 atom stereocenters. The number of aliphatic carboxylic acids is 1. The maximum Gasteiger partial charge on any atom is 0.303 e. The molecule has 3 heteroatoms. The van der Waals surface area contributed by atoms with Gasteiger partial charge in [0.1, 0.15) is 0 Å². The van der Waals surface area contributed by atoms with Gasteiger partial charge in [-0.15, -0.1) is 0 Å². The molecule has 0 aliphatic rings. The monoisotopic (exact) mass is 207 g/mol. The highest BCUT2D eigenvalue weighted by atomic mass is 16.4. The topological polar surface area (TPSA) is 50.2 Å². The van der Waals surface area contributed by atoms with Gasteiger partial charge in [0.25, 0.3) is 0 Å². The molecular weight excluding hydrogens is 190 g/mol. The lowest BCUT2D eigenvalue weighted by atomic mass is 9.91. The number of carboxylic acid groups (broad SMARTS) is 1. The van der Waals surface area contributed by atoms with Gasteiger partial charge in [0, 0.05) is 23.2 Å². The maximum atomic E-state index is 10.4. The van der Waals surface area contributed by atoms with Gasteiger partial charge in [-0.25, -0.2) is 0 Å². The summed E-state index contributed by atoms with van der Waals surface area (Å²) in [6, 6.07) is 5.78. The molecule has 0 amide bonds. The minimum absolute atomic E-state index is 0.0131. The number of aryl methyl sites for hydroxylation is 1. The molecule has 0 fully saturated rings. The van der Waals surface area contributed by atoms with Crippen molar-refractivity contribution in [2.24, 2.45) is 0 Å². The lowest BCUT2D eigenvalue weighted by Gasteiger charge is -2.18. The Balaban J connectivity index is 2.79. The predicted molar refractivity (Wildman–Crippen MR) is 58.9 cm³/mol. The van der Waals surface area contributed by atoms with Crippen molar-refractivity contribution in [2.75, 3.05) is 0 Å². The van der Waals surface area contributed by atoms with Gasteiger partial charge in [0.05, 0.1) is 6.42 Å². The molecule has 0 saturated carbocycles. The van der Waals surface area contributed by atoms with E-state index in [-0.39, 0.29) is 11.8 Å². The molecule has 0 unspecified atom stereocenters. The molecule has 0 aliphatic heterocycles. The van der Waals surface area contributed by atoms with Gasteiger partial charge in [0.2, 0.25) is 0 Å². The number of nitrogens with zero attached hydrogens (tertiary/aromatic N) is 1. The van der Waals surface area contributed by atoms with Crippen LogP contribution in [0.25, 0.3) is 0 Å². The van der Waals surface area contributed by atoms with E-state index in [0.717, 1.165) is 11.4 Å². The minimum Gasteiger partial charge on any atom is -0.481 e. The Kier molecular flexibility index (Phi) is 3.45. The SMILES string of the molecule is CC(C)(C)c1cccc(CCC(=O)O)n1. The molecule has 0 saturated heterocycles. The third-order valence-corrected chi connectivity index (χ3v) is 2.17. The van der Waals surface area contributed by atoms with Crippen molar-refractivity contribution < 1.29 is 9.90 Å². The first-order chi connectivity index (χ1) is 6.89. The van der Waals surface area contributed by atoms with Gasteiger partial charge in [-0.3, -0.25) is 9.78 Å². The summed E-state index contributed by atoms with van der Waals surface area (Å²) in [6.07, 6.45) is 0.639. The Morgan fingerprint density at radius 3 is 2.60 bits per heavy atom. The lowest BCUT2D eigenvalue weighted by Crippen LogP contribution is -2.14. The zero-order valence-corrected chi connectivity index (χ0v) is 9.45. The Morgan fingerprint density at radius 2 is 2.07 bits per heavy atom. The smallest absolute Gasteiger partial charge is 0.303 e. The van der Waals surface area contributed by atoms with Crippen LogP contribution in [0.5, 0.6) is 0 Å².